The van der Waals surface area contributed by atoms with Crippen molar-refractivity contribution < 1.29 is 4.39 Å². The first-order valence-corrected chi connectivity index (χ1v) is 5.12. The van der Waals surface area contributed by atoms with Gasteiger partial charge in [0.1, 0.15) is 5.82 Å². The fourth-order valence-electron chi connectivity index (χ4n) is 1.26. The number of hydrogen-bond acceptors (Lipinski definition) is 5. The van der Waals surface area contributed by atoms with Gasteiger partial charge in [-0.2, -0.15) is 15.0 Å². The van der Waals surface area contributed by atoms with Gasteiger partial charge in [0.25, 0.3) is 0 Å². The van der Waals surface area contributed by atoms with Crippen LogP contribution in [0.1, 0.15) is 5.56 Å². The second kappa shape index (κ2) is 4.50. The first kappa shape index (κ1) is 11.5. The maximum absolute atomic E-state index is 13.5. The molecule has 0 aliphatic rings. The lowest BCUT2D eigenvalue weighted by Crippen LogP contribution is -2.04. The second-order valence-corrected chi connectivity index (χ2v) is 3.73. The number of nitrogens with one attached hydrogen (secondary N) is 1. The summed E-state index contributed by atoms with van der Waals surface area (Å²) in [5.41, 5.74) is 6.46. The molecule has 0 unspecified atom stereocenters. The predicted octanol–water partition coefficient (Wildman–Crippen LogP) is 2.30. The van der Waals surface area contributed by atoms with Gasteiger partial charge in [-0.1, -0.05) is 6.07 Å². The highest BCUT2D eigenvalue weighted by atomic mass is 35.5. The van der Waals surface area contributed by atoms with E-state index in [-0.39, 0.29) is 22.9 Å². The minimum atomic E-state index is -0.403. The van der Waals surface area contributed by atoms with Crippen molar-refractivity contribution in [2.45, 2.75) is 6.92 Å². The Morgan fingerprint density at radius 2 is 2.06 bits per heavy atom. The minimum Gasteiger partial charge on any atom is -0.368 e. The van der Waals surface area contributed by atoms with E-state index in [0.717, 1.165) is 5.56 Å². The van der Waals surface area contributed by atoms with Gasteiger partial charge < -0.3 is 11.1 Å². The molecule has 0 amide bonds. The van der Waals surface area contributed by atoms with Gasteiger partial charge >= 0.3 is 0 Å². The average Bonchev–Trinajstić information content (AvgIpc) is 2.21. The van der Waals surface area contributed by atoms with Crippen LogP contribution in [0, 0.1) is 12.7 Å². The molecule has 0 fully saturated rings. The lowest BCUT2D eigenvalue weighted by Gasteiger charge is -2.06. The van der Waals surface area contributed by atoms with Crippen molar-refractivity contribution >= 4 is 29.2 Å². The van der Waals surface area contributed by atoms with E-state index in [1.807, 2.05) is 0 Å². The van der Waals surface area contributed by atoms with Gasteiger partial charge in [0.2, 0.25) is 17.2 Å². The Morgan fingerprint density at radius 1 is 1.29 bits per heavy atom. The monoisotopic (exact) mass is 253 g/mol. The SMILES string of the molecule is Cc1ccc(Nc2nc(N)nc(Cl)n2)c(F)c1. The molecule has 0 saturated carbocycles. The quantitative estimate of drug-likeness (QED) is 0.859. The topological polar surface area (TPSA) is 76.7 Å². The van der Waals surface area contributed by atoms with Crippen molar-refractivity contribution in [3.63, 3.8) is 0 Å². The number of nitrogens with two attached hydrogens (primary N) is 1. The summed E-state index contributed by atoms with van der Waals surface area (Å²) in [6, 6.07) is 4.74. The fourth-order valence-corrected chi connectivity index (χ4v) is 1.43. The molecule has 0 spiro atoms. The summed E-state index contributed by atoms with van der Waals surface area (Å²) in [6.07, 6.45) is 0. The number of aryl methyl sites for hydroxylation is 1. The molecule has 0 atom stereocenters. The zero-order chi connectivity index (χ0) is 12.4. The normalized spacial score (nSPS) is 10.3. The second-order valence-electron chi connectivity index (χ2n) is 3.39. The molecule has 0 aliphatic heterocycles. The zero-order valence-electron chi connectivity index (χ0n) is 8.91. The molecule has 0 aliphatic carbocycles. The summed E-state index contributed by atoms with van der Waals surface area (Å²) in [5, 5.41) is 2.63. The average molecular weight is 254 g/mol. The van der Waals surface area contributed by atoms with Gasteiger partial charge in [0.05, 0.1) is 5.69 Å². The highest BCUT2D eigenvalue weighted by Crippen LogP contribution is 2.19. The van der Waals surface area contributed by atoms with E-state index in [9.17, 15) is 4.39 Å². The Labute approximate surface area is 102 Å². The standard InChI is InChI=1S/C10H9ClFN5/c1-5-2-3-7(6(12)4-5)14-10-16-8(11)15-9(13)17-10/h2-4H,1H3,(H3,13,14,15,16,17). The van der Waals surface area contributed by atoms with E-state index in [2.05, 4.69) is 20.3 Å². The number of anilines is 3. The lowest BCUT2D eigenvalue weighted by molar-refractivity contribution is 0.630. The largest absolute Gasteiger partial charge is 0.368 e. The summed E-state index contributed by atoms with van der Waals surface area (Å²) in [7, 11) is 0. The molecule has 3 N–H and O–H groups in total. The van der Waals surface area contributed by atoms with Crippen LogP contribution in [0.15, 0.2) is 18.2 Å². The molecule has 0 radical (unpaired) electrons. The van der Waals surface area contributed by atoms with Crippen LogP contribution in [-0.2, 0) is 0 Å². The Hall–Kier alpha value is -1.95. The molecule has 5 nitrogen and oxygen atoms in total. The molecule has 7 heteroatoms. The molecule has 2 rings (SSSR count). The number of aromatic nitrogens is 3. The summed E-state index contributed by atoms with van der Waals surface area (Å²) in [4.78, 5) is 11.2. The maximum atomic E-state index is 13.5. The summed E-state index contributed by atoms with van der Waals surface area (Å²) < 4.78 is 13.5. The van der Waals surface area contributed by atoms with E-state index >= 15 is 0 Å². The van der Waals surface area contributed by atoms with Crippen LogP contribution in [0.4, 0.5) is 22.0 Å². The van der Waals surface area contributed by atoms with E-state index in [0.29, 0.717) is 0 Å². The Balaban J connectivity index is 2.31. The van der Waals surface area contributed by atoms with Crippen LogP contribution in [0.3, 0.4) is 0 Å². The molecule has 88 valence electrons. The van der Waals surface area contributed by atoms with Gasteiger partial charge in [-0.3, -0.25) is 0 Å². The molecule has 0 saturated heterocycles. The van der Waals surface area contributed by atoms with Gasteiger partial charge in [-0.15, -0.1) is 0 Å². The van der Waals surface area contributed by atoms with Crippen LogP contribution >= 0.6 is 11.6 Å². The van der Waals surface area contributed by atoms with E-state index in [4.69, 9.17) is 17.3 Å². The van der Waals surface area contributed by atoms with Gasteiger partial charge in [-0.25, -0.2) is 4.39 Å². The highest BCUT2D eigenvalue weighted by Gasteiger charge is 2.06. The van der Waals surface area contributed by atoms with Gasteiger partial charge in [0.15, 0.2) is 0 Å². The van der Waals surface area contributed by atoms with Crippen LogP contribution < -0.4 is 11.1 Å². The number of halogens is 2. The fraction of sp³-hybridized carbons (Fsp3) is 0.100. The van der Waals surface area contributed by atoms with Crippen molar-refractivity contribution in [2.24, 2.45) is 0 Å². The zero-order valence-corrected chi connectivity index (χ0v) is 9.66. The highest BCUT2D eigenvalue weighted by molar-refractivity contribution is 6.28. The summed E-state index contributed by atoms with van der Waals surface area (Å²) in [5.74, 6) is -0.328. The van der Waals surface area contributed by atoms with E-state index < -0.39 is 5.82 Å². The number of nitrogen functional groups attached to an aromatic ring is 1. The molecule has 17 heavy (non-hydrogen) atoms. The third-order valence-corrected chi connectivity index (χ3v) is 2.17. The van der Waals surface area contributed by atoms with Crippen LogP contribution in [-0.4, -0.2) is 15.0 Å². The molecule has 1 aromatic heterocycles. The van der Waals surface area contributed by atoms with Gasteiger partial charge in [-0.05, 0) is 36.2 Å². The maximum Gasteiger partial charge on any atom is 0.233 e. The molecule has 1 aromatic carbocycles. The molecule has 0 bridgehead atoms. The Kier molecular flexibility index (Phi) is 3.06. The number of benzene rings is 1. The summed E-state index contributed by atoms with van der Waals surface area (Å²) in [6.45, 7) is 1.80. The van der Waals surface area contributed by atoms with Crippen molar-refractivity contribution in [1.29, 1.82) is 0 Å². The molecule has 2 aromatic rings. The number of nitrogens with zero attached hydrogens (tertiary/aromatic N) is 3. The molecular weight excluding hydrogens is 245 g/mol. The predicted molar refractivity (Wildman–Crippen MR) is 63.7 cm³/mol. The third kappa shape index (κ3) is 2.79. The first-order chi connectivity index (χ1) is 8.04. The van der Waals surface area contributed by atoms with Crippen molar-refractivity contribution in [3.8, 4) is 0 Å². The first-order valence-electron chi connectivity index (χ1n) is 4.75. The summed E-state index contributed by atoms with van der Waals surface area (Å²) >= 11 is 5.61. The van der Waals surface area contributed by atoms with Crippen LogP contribution in [0.5, 0.6) is 0 Å². The van der Waals surface area contributed by atoms with E-state index in [1.54, 1.807) is 19.1 Å². The van der Waals surface area contributed by atoms with Crippen LogP contribution in [0.25, 0.3) is 0 Å². The Bertz CT molecular complexity index is 540. The van der Waals surface area contributed by atoms with Gasteiger partial charge in [0, 0.05) is 0 Å². The smallest absolute Gasteiger partial charge is 0.233 e. The van der Waals surface area contributed by atoms with Crippen molar-refractivity contribution in [1.82, 2.24) is 15.0 Å². The number of hydrogen-bond donors (Lipinski definition) is 2. The molecule has 1 heterocycles. The van der Waals surface area contributed by atoms with Crippen molar-refractivity contribution in [3.05, 3.63) is 34.9 Å². The molecular formula is C10H9ClFN5. The number of rotatable bonds is 2. The van der Waals surface area contributed by atoms with E-state index in [1.165, 1.54) is 6.07 Å². The lowest BCUT2D eigenvalue weighted by atomic mass is 10.2. The third-order valence-electron chi connectivity index (χ3n) is 2.00. The minimum absolute atomic E-state index is 0.0278. The van der Waals surface area contributed by atoms with Crippen LogP contribution in [0.2, 0.25) is 5.28 Å². The van der Waals surface area contributed by atoms with Crippen molar-refractivity contribution in [2.75, 3.05) is 11.1 Å². The Morgan fingerprint density at radius 3 is 2.71 bits per heavy atom.